The topological polar surface area (TPSA) is 52.6 Å². The molecule has 1 rings (SSSR count). The van der Waals surface area contributed by atoms with Crippen molar-refractivity contribution >= 4 is 19.7 Å². The van der Waals surface area contributed by atoms with Crippen molar-refractivity contribution in [2.24, 2.45) is 11.3 Å². The van der Waals surface area contributed by atoms with Gasteiger partial charge in [0.05, 0.1) is 25.6 Å². The Bertz CT molecular complexity index is 361. The quantitative estimate of drug-likeness (QED) is 0.482. The van der Waals surface area contributed by atoms with Crippen LogP contribution in [0.5, 0.6) is 0 Å². The minimum absolute atomic E-state index is 0.0222. The van der Waals surface area contributed by atoms with E-state index in [1.807, 2.05) is 0 Å². The van der Waals surface area contributed by atoms with Crippen molar-refractivity contribution in [3.05, 3.63) is 0 Å². The Morgan fingerprint density at radius 1 is 1.10 bits per heavy atom. The summed E-state index contributed by atoms with van der Waals surface area (Å²) in [5.74, 6) is 0.537. The lowest BCUT2D eigenvalue weighted by molar-refractivity contribution is -0.00512. The predicted molar refractivity (Wildman–Crippen MR) is 81.6 cm³/mol. The maximum atomic E-state index is 11.4. The second-order valence-electron chi connectivity index (χ2n) is 6.27. The summed E-state index contributed by atoms with van der Waals surface area (Å²) in [4.78, 5) is 0. The molecule has 0 amide bonds. The summed E-state index contributed by atoms with van der Waals surface area (Å²) in [6.07, 6.45) is 5.04. The van der Waals surface area contributed by atoms with Gasteiger partial charge in [0.2, 0.25) is 9.05 Å². The Kier molecular flexibility index (Phi) is 7.80. The van der Waals surface area contributed by atoms with E-state index in [2.05, 4.69) is 13.8 Å². The molecule has 0 atom stereocenters. The molecule has 20 heavy (non-hydrogen) atoms. The highest BCUT2D eigenvalue weighted by Gasteiger charge is 2.36. The normalized spacial score (nSPS) is 19.4. The summed E-state index contributed by atoms with van der Waals surface area (Å²) in [6.45, 7) is 6.46. The number of hydrogen-bond donors (Lipinski definition) is 0. The first-order chi connectivity index (χ1) is 9.33. The van der Waals surface area contributed by atoms with Crippen molar-refractivity contribution in [1.82, 2.24) is 0 Å². The van der Waals surface area contributed by atoms with Crippen molar-refractivity contribution in [2.45, 2.75) is 46.0 Å². The van der Waals surface area contributed by atoms with E-state index in [9.17, 15) is 8.42 Å². The van der Waals surface area contributed by atoms with Gasteiger partial charge in [-0.15, -0.1) is 0 Å². The maximum absolute atomic E-state index is 11.4. The molecule has 0 radical (unpaired) electrons. The van der Waals surface area contributed by atoms with Gasteiger partial charge in [-0.25, -0.2) is 8.42 Å². The van der Waals surface area contributed by atoms with Gasteiger partial charge in [-0.05, 0) is 18.8 Å². The second-order valence-corrected chi connectivity index (χ2v) is 9.04. The first-order valence-corrected chi connectivity index (χ1v) is 9.89. The molecule has 6 heteroatoms. The van der Waals surface area contributed by atoms with E-state index in [4.69, 9.17) is 20.2 Å². The second kappa shape index (κ2) is 8.57. The van der Waals surface area contributed by atoms with Crippen molar-refractivity contribution in [2.75, 3.05) is 32.2 Å². The zero-order valence-electron chi connectivity index (χ0n) is 12.6. The van der Waals surface area contributed by atoms with Crippen LogP contribution in [0.25, 0.3) is 0 Å². The molecule has 0 aliphatic heterocycles. The maximum Gasteiger partial charge on any atom is 0.233 e. The molecule has 0 aromatic heterocycles. The summed E-state index contributed by atoms with van der Waals surface area (Å²) in [6, 6.07) is 0. The van der Waals surface area contributed by atoms with Crippen molar-refractivity contribution in [3.63, 3.8) is 0 Å². The highest BCUT2D eigenvalue weighted by atomic mass is 35.7. The van der Waals surface area contributed by atoms with Gasteiger partial charge in [0.15, 0.2) is 0 Å². The first kappa shape index (κ1) is 18.2. The Balaban J connectivity index is 2.34. The van der Waals surface area contributed by atoms with Crippen LogP contribution in [-0.4, -0.2) is 40.6 Å². The van der Waals surface area contributed by atoms with Crippen LogP contribution < -0.4 is 0 Å². The van der Waals surface area contributed by atoms with Crippen LogP contribution in [0.1, 0.15) is 46.0 Å². The van der Waals surface area contributed by atoms with Crippen LogP contribution in [0, 0.1) is 11.3 Å². The van der Waals surface area contributed by atoms with Gasteiger partial charge in [0.1, 0.15) is 0 Å². The lowest BCUT2D eigenvalue weighted by Crippen LogP contribution is -2.36. The standard InChI is InChI=1S/C14H27ClO4S/c1-13(2)10-18-8-9-19-11-14(12-20(15,16)17)6-4-3-5-7-14/h13H,3-12H2,1-2H3. The molecular weight excluding hydrogens is 300 g/mol. The molecule has 0 unspecified atom stereocenters. The van der Waals surface area contributed by atoms with Crippen LogP contribution in [0.2, 0.25) is 0 Å². The fourth-order valence-electron chi connectivity index (χ4n) is 2.72. The first-order valence-electron chi connectivity index (χ1n) is 7.41. The molecule has 1 aliphatic carbocycles. The minimum Gasteiger partial charge on any atom is -0.379 e. The lowest BCUT2D eigenvalue weighted by atomic mass is 9.76. The fourth-order valence-corrected chi connectivity index (χ4v) is 4.52. The molecule has 4 nitrogen and oxygen atoms in total. The Labute approximate surface area is 127 Å². The van der Waals surface area contributed by atoms with Gasteiger partial charge in [0.25, 0.3) is 0 Å². The zero-order valence-corrected chi connectivity index (χ0v) is 14.1. The molecule has 0 heterocycles. The Morgan fingerprint density at radius 3 is 2.25 bits per heavy atom. The van der Waals surface area contributed by atoms with Gasteiger partial charge >= 0.3 is 0 Å². The molecule has 1 fully saturated rings. The highest BCUT2D eigenvalue weighted by Crippen LogP contribution is 2.38. The van der Waals surface area contributed by atoms with Gasteiger partial charge in [-0.2, -0.15) is 0 Å². The third-order valence-electron chi connectivity index (χ3n) is 3.62. The van der Waals surface area contributed by atoms with E-state index >= 15 is 0 Å². The molecule has 0 spiro atoms. The van der Waals surface area contributed by atoms with Crippen LogP contribution in [-0.2, 0) is 18.5 Å². The Morgan fingerprint density at radius 2 is 1.70 bits per heavy atom. The third kappa shape index (κ3) is 7.81. The molecule has 0 aromatic rings. The van der Waals surface area contributed by atoms with Gasteiger partial charge in [-0.3, -0.25) is 0 Å². The molecule has 0 N–H and O–H groups in total. The van der Waals surface area contributed by atoms with Crippen molar-refractivity contribution in [1.29, 1.82) is 0 Å². The van der Waals surface area contributed by atoms with E-state index in [0.29, 0.717) is 25.7 Å². The zero-order chi connectivity index (χ0) is 15.1. The molecule has 120 valence electrons. The van der Waals surface area contributed by atoms with E-state index < -0.39 is 9.05 Å². The fraction of sp³-hybridized carbons (Fsp3) is 1.00. The summed E-state index contributed by atoms with van der Waals surface area (Å²) < 4.78 is 33.9. The van der Waals surface area contributed by atoms with Crippen LogP contribution in [0.4, 0.5) is 0 Å². The van der Waals surface area contributed by atoms with Crippen molar-refractivity contribution in [3.8, 4) is 0 Å². The number of ether oxygens (including phenoxy) is 2. The molecule has 1 aliphatic rings. The van der Waals surface area contributed by atoms with E-state index in [0.717, 1.165) is 32.3 Å². The molecule has 0 aromatic carbocycles. The molecule has 0 saturated heterocycles. The van der Waals surface area contributed by atoms with Gasteiger partial charge in [0, 0.05) is 22.7 Å². The van der Waals surface area contributed by atoms with Crippen molar-refractivity contribution < 1.29 is 17.9 Å². The van der Waals surface area contributed by atoms with E-state index in [-0.39, 0.29) is 11.2 Å². The lowest BCUT2D eigenvalue weighted by Gasteiger charge is -2.35. The average molecular weight is 327 g/mol. The third-order valence-corrected chi connectivity index (χ3v) is 4.91. The number of rotatable bonds is 9. The summed E-state index contributed by atoms with van der Waals surface area (Å²) >= 11 is 0. The predicted octanol–water partition coefficient (Wildman–Crippen LogP) is 3.19. The molecule has 1 saturated carbocycles. The smallest absolute Gasteiger partial charge is 0.233 e. The van der Waals surface area contributed by atoms with E-state index in [1.165, 1.54) is 6.42 Å². The SMILES string of the molecule is CC(C)COCCOCC1(CS(=O)(=O)Cl)CCCCC1. The largest absolute Gasteiger partial charge is 0.379 e. The van der Waals surface area contributed by atoms with Crippen LogP contribution in [0.15, 0.2) is 0 Å². The summed E-state index contributed by atoms with van der Waals surface area (Å²) in [5, 5.41) is 0. The highest BCUT2D eigenvalue weighted by molar-refractivity contribution is 8.13. The van der Waals surface area contributed by atoms with Crippen LogP contribution >= 0.6 is 10.7 Å². The Hall–Kier alpha value is 0.160. The average Bonchev–Trinajstić information content (AvgIpc) is 2.32. The van der Waals surface area contributed by atoms with Gasteiger partial charge < -0.3 is 9.47 Å². The monoisotopic (exact) mass is 326 g/mol. The summed E-state index contributed by atoms with van der Waals surface area (Å²) in [5.41, 5.74) is -0.295. The number of halogens is 1. The number of hydrogen-bond acceptors (Lipinski definition) is 4. The van der Waals surface area contributed by atoms with Crippen LogP contribution in [0.3, 0.4) is 0 Å². The van der Waals surface area contributed by atoms with Gasteiger partial charge in [-0.1, -0.05) is 33.1 Å². The molecule has 0 bridgehead atoms. The van der Waals surface area contributed by atoms with E-state index in [1.54, 1.807) is 0 Å². The minimum atomic E-state index is -3.48. The summed E-state index contributed by atoms with van der Waals surface area (Å²) in [7, 11) is 1.97. The molecular formula is C14H27ClO4S.